The van der Waals surface area contributed by atoms with Gasteiger partial charge in [-0.25, -0.2) is 26.5 Å². The molecule has 0 aliphatic rings. The topological polar surface area (TPSA) is 71.5 Å². The van der Waals surface area contributed by atoms with Gasteiger partial charge in [0.15, 0.2) is 0 Å². The van der Waals surface area contributed by atoms with Gasteiger partial charge in [-0.05, 0) is 12.1 Å². The minimum absolute atomic E-state index is 0.0852. The van der Waals surface area contributed by atoms with Crippen molar-refractivity contribution in [3.05, 3.63) is 18.3 Å². The highest BCUT2D eigenvalue weighted by atomic mass is 32.2. The van der Waals surface area contributed by atoms with Crippen molar-refractivity contribution < 1.29 is 21.9 Å². The van der Waals surface area contributed by atoms with Crippen molar-refractivity contribution in [2.45, 2.75) is 11.3 Å². The van der Waals surface area contributed by atoms with E-state index in [0.29, 0.717) is 12.4 Å². The molecule has 0 spiro atoms. The van der Waals surface area contributed by atoms with Crippen molar-refractivity contribution in [1.29, 1.82) is 0 Å². The van der Waals surface area contributed by atoms with Gasteiger partial charge in [-0.1, -0.05) is 0 Å². The Morgan fingerprint density at radius 2 is 2.10 bits per heavy atom. The van der Waals surface area contributed by atoms with Crippen LogP contribution >= 0.6 is 0 Å². The number of hydrogen-bond donors (Lipinski definition) is 1. The first-order chi connectivity index (χ1) is 9.34. The lowest BCUT2D eigenvalue weighted by Gasteiger charge is -2.11. The third kappa shape index (κ3) is 4.99. The fraction of sp³-hybridized carbons (Fsp3) is 0.545. The van der Waals surface area contributed by atoms with Crippen molar-refractivity contribution in [2.24, 2.45) is 0 Å². The zero-order valence-corrected chi connectivity index (χ0v) is 12.0. The van der Waals surface area contributed by atoms with E-state index in [1.54, 1.807) is 0 Å². The van der Waals surface area contributed by atoms with E-state index in [1.807, 2.05) is 0 Å². The average molecular weight is 309 g/mol. The van der Waals surface area contributed by atoms with Crippen molar-refractivity contribution in [3.63, 3.8) is 0 Å². The van der Waals surface area contributed by atoms with Crippen LogP contribution in [-0.2, 0) is 14.8 Å². The highest BCUT2D eigenvalue weighted by molar-refractivity contribution is 7.89. The molecule has 1 heterocycles. The molecule has 1 aromatic rings. The number of nitrogens with zero attached hydrogens (tertiary/aromatic N) is 2. The Kier molecular flexibility index (Phi) is 6.24. The molecule has 0 saturated carbocycles. The van der Waals surface area contributed by atoms with E-state index in [0.717, 1.165) is 4.31 Å². The van der Waals surface area contributed by atoms with Crippen LogP contribution in [0.1, 0.15) is 0 Å². The lowest BCUT2D eigenvalue weighted by Crippen LogP contribution is -2.22. The van der Waals surface area contributed by atoms with Crippen LogP contribution in [-0.4, -0.2) is 58.0 Å². The van der Waals surface area contributed by atoms with E-state index >= 15 is 0 Å². The van der Waals surface area contributed by atoms with E-state index in [2.05, 4.69) is 15.0 Å². The lowest BCUT2D eigenvalue weighted by molar-refractivity contribution is 0.0215. The van der Waals surface area contributed by atoms with Gasteiger partial charge < -0.3 is 10.1 Å². The number of nitrogens with one attached hydrogen (secondary N) is 1. The smallest absolute Gasteiger partial charge is 0.261 e. The summed E-state index contributed by atoms with van der Waals surface area (Å²) < 4.78 is 52.9. The molecule has 0 aromatic carbocycles. The minimum Gasteiger partial charge on any atom is -0.374 e. The van der Waals surface area contributed by atoms with Crippen LogP contribution in [0.2, 0.25) is 0 Å². The maximum absolute atomic E-state index is 11.8. The molecule has 20 heavy (non-hydrogen) atoms. The Balaban J connectivity index is 2.48. The number of rotatable bonds is 8. The van der Waals surface area contributed by atoms with Gasteiger partial charge in [0.1, 0.15) is 17.3 Å². The van der Waals surface area contributed by atoms with Gasteiger partial charge in [-0.2, -0.15) is 0 Å². The molecule has 1 N–H and O–H groups in total. The monoisotopic (exact) mass is 309 g/mol. The molecule has 1 rings (SSSR count). The van der Waals surface area contributed by atoms with E-state index in [1.165, 1.54) is 32.4 Å². The second kappa shape index (κ2) is 7.46. The molecule has 0 unspecified atom stereocenters. The van der Waals surface area contributed by atoms with Crippen LogP contribution in [0.15, 0.2) is 23.2 Å². The van der Waals surface area contributed by atoms with E-state index < -0.39 is 23.1 Å². The summed E-state index contributed by atoms with van der Waals surface area (Å²) in [5.74, 6) is 0.448. The Hall–Kier alpha value is -1.32. The molecule has 6 nitrogen and oxygen atoms in total. The molecule has 0 aliphatic carbocycles. The second-order valence-electron chi connectivity index (χ2n) is 4.06. The zero-order valence-electron chi connectivity index (χ0n) is 11.2. The van der Waals surface area contributed by atoms with Gasteiger partial charge in [0.05, 0.1) is 6.61 Å². The molecular formula is C11H17F2N3O3S. The van der Waals surface area contributed by atoms with Crippen LogP contribution in [0.4, 0.5) is 14.6 Å². The Morgan fingerprint density at radius 1 is 1.40 bits per heavy atom. The molecule has 0 amide bonds. The Labute approximate surface area is 116 Å². The zero-order chi connectivity index (χ0) is 15.2. The van der Waals surface area contributed by atoms with E-state index in [4.69, 9.17) is 0 Å². The number of hydrogen-bond acceptors (Lipinski definition) is 5. The molecule has 1 aromatic heterocycles. The van der Waals surface area contributed by atoms with Crippen LogP contribution in [0.3, 0.4) is 0 Å². The maximum atomic E-state index is 11.8. The standard InChI is InChI=1S/C11H17F2N3O3S/c1-16(2)20(17,18)9-3-4-11(15-7-9)14-5-6-19-8-10(12)13/h3-4,7,10H,5-6,8H2,1-2H3,(H,14,15). The molecule has 0 radical (unpaired) electrons. The number of pyridine rings is 1. The minimum atomic E-state index is -3.50. The third-order valence-electron chi connectivity index (χ3n) is 2.31. The summed E-state index contributed by atoms with van der Waals surface area (Å²) in [6.45, 7) is -0.182. The molecular weight excluding hydrogens is 292 g/mol. The molecule has 0 aliphatic heterocycles. The van der Waals surface area contributed by atoms with Crippen LogP contribution in [0.5, 0.6) is 0 Å². The summed E-state index contributed by atoms with van der Waals surface area (Å²) in [6, 6.07) is 2.92. The average Bonchev–Trinajstić information content (AvgIpc) is 2.38. The highest BCUT2D eigenvalue weighted by Crippen LogP contribution is 2.13. The van der Waals surface area contributed by atoms with Gasteiger partial charge in [0.25, 0.3) is 6.43 Å². The van der Waals surface area contributed by atoms with E-state index in [-0.39, 0.29) is 11.5 Å². The van der Waals surface area contributed by atoms with Crippen LogP contribution in [0.25, 0.3) is 0 Å². The summed E-state index contributed by atoms with van der Waals surface area (Å²) in [5.41, 5.74) is 0. The third-order valence-corrected chi connectivity index (χ3v) is 4.11. The molecule has 0 fully saturated rings. The van der Waals surface area contributed by atoms with Crippen LogP contribution < -0.4 is 5.32 Å². The fourth-order valence-corrected chi connectivity index (χ4v) is 2.12. The predicted molar refractivity (Wildman–Crippen MR) is 70.4 cm³/mol. The quantitative estimate of drug-likeness (QED) is 0.726. The fourth-order valence-electron chi connectivity index (χ4n) is 1.27. The Morgan fingerprint density at radius 3 is 2.60 bits per heavy atom. The number of aromatic nitrogens is 1. The van der Waals surface area contributed by atoms with Crippen molar-refractivity contribution >= 4 is 15.8 Å². The first kappa shape index (κ1) is 16.7. The molecule has 114 valence electrons. The van der Waals surface area contributed by atoms with Gasteiger partial charge >= 0.3 is 0 Å². The molecule has 0 bridgehead atoms. The molecule has 0 atom stereocenters. The molecule has 9 heteroatoms. The maximum Gasteiger partial charge on any atom is 0.261 e. The number of alkyl halides is 2. The number of ether oxygens (including phenoxy) is 1. The lowest BCUT2D eigenvalue weighted by atomic mass is 10.4. The number of anilines is 1. The van der Waals surface area contributed by atoms with Gasteiger partial charge in [-0.3, -0.25) is 0 Å². The van der Waals surface area contributed by atoms with Gasteiger partial charge in [-0.15, -0.1) is 0 Å². The van der Waals surface area contributed by atoms with Crippen molar-refractivity contribution in [3.8, 4) is 0 Å². The second-order valence-corrected chi connectivity index (χ2v) is 6.21. The first-order valence-corrected chi connectivity index (χ1v) is 7.26. The normalized spacial score (nSPS) is 12.1. The van der Waals surface area contributed by atoms with Gasteiger partial charge in [0, 0.05) is 26.8 Å². The predicted octanol–water partition coefficient (Wildman–Crippen LogP) is 1.03. The number of sulfonamides is 1. The van der Waals surface area contributed by atoms with Crippen molar-refractivity contribution in [1.82, 2.24) is 9.29 Å². The largest absolute Gasteiger partial charge is 0.374 e. The summed E-state index contributed by atoms with van der Waals surface area (Å²) in [6.07, 6.45) is -1.25. The first-order valence-electron chi connectivity index (χ1n) is 5.82. The SMILES string of the molecule is CN(C)S(=O)(=O)c1ccc(NCCOCC(F)F)nc1. The number of halogens is 2. The Bertz CT molecular complexity index is 506. The summed E-state index contributed by atoms with van der Waals surface area (Å²) in [4.78, 5) is 4.02. The summed E-state index contributed by atoms with van der Waals surface area (Å²) in [7, 11) is -0.633. The summed E-state index contributed by atoms with van der Waals surface area (Å²) in [5, 5.41) is 2.84. The van der Waals surface area contributed by atoms with Crippen LogP contribution in [0, 0.1) is 0 Å². The molecule has 0 saturated heterocycles. The van der Waals surface area contributed by atoms with E-state index in [9.17, 15) is 17.2 Å². The van der Waals surface area contributed by atoms with Gasteiger partial charge in [0.2, 0.25) is 10.0 Å². The highest BCUT2D eigenvalue weighted by Gasteiger charge is 2.17. The van der Waals surface area contributed by atoms with Crippen molar-refractivity contribution in [2.75, 3.05) is 39.2 Å². The summed E-state index contributed by atoms with van der Waals surface area (Å²) >= 11 is 0.